The van der Waals surface area contributed by atoms with Crippen molar-refractivity contribution in [2.75, 3.05) is 6.61 Å². The lowest BCUT2D eigenvalue weighted by Crippen LogP contribution is -2.00. The molecule has 2 aromatic rings. The molecule has 0 radical (unpaired) electrons. The Kier molecular flexibility index (Phi) is 3.03. The van der Waals surface area contributed by atoms with Crippen LogP contribution in [0.3, 0.4) is 0 Å². The van der Waals surface area contributed by atoms with Crippen molar-refractivity contribution >= 4 is 21.9 Å². The van der Waals surface area contributed by atoms with Gasteiger partial charge in [0.05, 0.1) is 12.2 Å². The number of ether oxygens (including phenoxy) is 1. The summed E-state index contributed by atoms with van der Waals surface area (Å²) in [6.45, 7) is 0.658. The van der Waals surface area contributed by atoms with Crippen LogP contribution in [-0.2, 0) is 6.42 Å². The highest BCUT2D eigenvalue weighted by Gasteiger charge is 2.20. The fourth-order valence-corrected chi connectivity index (χ4v) is 2.72. The van der Waals surface area contributed by atoms with E-state index in [4.69, 9.17) is 4.74 Å². The van der Waals surface area contributed by atoms with Gasteiger partial charge in [-0.05, 0) is 23.3 Å². The van der Waals surface area contributed by atoms with Crippen molar-refractivity contribution in [3.8, 4) is 16.9 Å². The van der Waals surface area contributed by atoms with Gasteiger partial charge in [0, 0.05) is 16.5 Å². The molecule has 2 aromatic carbocycles. The first-order chi connectivity index (χ1) is 9.16. The summed E-state index contributed by atoms with van der Waals surface area (Å²) in [5.41, 5.74) is 2.95. The lowest BCUT2D eigenvalue weighted by atomic mass is 9.97. The number of para-hydroxylation sites is 1. The van der Waals surface area contributed by atoms with Crippen LogP contribution in [0.5, 0.6) is 5.75 Å². The maximum absolute atomic E-state index is 11.4. The van der Waals surface area contributed by atoms with Gasteiger partial charge in [0.15, 0.2) is 0 Å². The molecular weight excluding hydrogens is 308 g/mol. The Morgan fingerprint density at radius 2 is 2.05 bits per heavy atom. The van der Waals surface area contributed by atoms with Crippen LogP contribution < -0.4 is 4.74 Å². The molecule has 19 heavy (non-hydrogen) atoms. The summed E-state index contributed by atoms with van der Waals surface area (Å²) < 4.78 is 6.40. The van der Waals surface area contributed by atoms with Gasteiger partial charge in [-0.15, -0.1) is 0 Å². The van der Waals surface area contributed by atoms with Crippen LogP contribution in [0.25, 0.3) is 11.1 Å². The van der Waals surface area contributed by atoms with Gasteiger partial charge < -0.3 is 9.84 Å². The number of carboxylic acid groups (broad SMARTS) is 1. The van der Waals surface area contributed by atoms with E-state index >= 15 is 0 Å². The number of rotatable bonds is 2. The smallest absolute Gasteiger partial charge is 0.336 e. The molecule has 0 amide bonds. The summed E-state index contributed by atoms with van der Waals surface area (Å²) in [6.07, 6.45) is 0.877. The first kappa shape index (κ1) is 12.2. The second kappa shape index (κ2) is 4.70. The quantitative estimate of drug-likeness (QED) is 0.917. The molecule has 1 heterocycles. The Bertz CT molecular complexity index is 664. The van der Waals surface area contributed by atoms with E-state index in [1.54, 1.807) is 6.07 Å². The van der Waals surface area contributed by atoms with Crippen LogP contribution in [0, 0.1) is 0 Å². The van der Waals surface area contributed by atoms with E-state index in [1.807, 2.05) is 30.3 Å². The number of fused-ring (bicyclic) bond motifs is 1. The molecule has 0 fully saturated rings. The zero-order chi connectivity index (χ0) is 13.4. The van der Waals surface area contributed by atoms with Gasteiger partial charge in [-0.3, -0.25) is 0 Å². The van der Waals surface area contributed by atoms with E-state index in [-0.39, 0.29) is 5.56 Å². The molecule has 0 saturated heterocycles. The Morgan fingerprint density at radius 1 is 1.21 bits per heavy atom. The van der Waals surface area contributed by atoms with Crippen LogP contribution in [-0.4, -0.2) is 17.7 Å². The van der Waals surface area contributed by atoms with Crippen molar-refractivity contribution < 1.29 is 14.6 Å². The Hall–Kier alpha value is -1.81. The molecule has 1 aliphatic rings. The molecule has 1 aliphatic heterocycles. The molecule has 0 bridgehead atoms. The molecule has 1 N–H and O–H groups in total. The second-order valence-electron chi connectivity index (χ2n) is 4.39. The average molecular weight is 319 g/mol. The average Bonchev–Trinajstić information content (AvgIpc) is 2.86. The summed E-state index contributed by atoms with van der Waals surface area (Å²) in [5.74, 6) is -0.126. The molecular formula is C15H11BrO3. The van der Waals surface area contributed by atoms with Crippen LogP contribution in [0.2, 0.25) is 0 Å². The normalized spacial score (nSPS) is 12.9. The van der Waals surface area contributed by atoms with Crippen LogP contribution in [0.15, 0.2) is 40.9 Å². The van der Waals surface area contributed by atoms with E-state index in [1.165, 1.54) is 0 Å². The van der Waals surface area contributed by atoms with Crippen LogP contribution in [0.4, 0.5) is 0 Å². The number of halogens is 1. The largest absolute Gasteiger partial charge is 0.492 e. The van der Waals surface area contributed by atoms with Crippen molar-refractivity contribution in [3.63, 3.8) is 0 Å². The SMILES string of the molecule is O=C(O)c1cc(Br)ccc1-c1cccc2c1OCC2. The number of benzene rings is 2. The van der Waals surface area contributed by atoms with Gasteiger partial charge in [-0.2, -0.15) is 0 Å². The van der Waals surface area contributed by atoms with Crippen molar-refractivity contribution in [2.24, 2.45) is 0 Å². The molecule has 0 aliphatic carbocycles. The number of aromatic carboxylic acids is 1. The Labute approximate surface area is 119 Å². The Balaban J connectivity index is 2.23. The number of hydrogen-bond donors (Lipinski definition) is 1. The third-order valence-corrected chi connectivity index (χ3v) is 3.71. The topological polar surface area (TPSA) is 46.5 Å². The van der Waals surface area contributed by atoms with Crippen LogP contribution in [0.1, 0.15) is 15.9 Å². The minimum absolute atomic E-state index is 0.276. The first-order valence-corrected chi connectivity index (χ1v) is 6.74. The molecule has 0 unspecified atom stereocenters. The highest BCUT2D eigenvalue weighted by molar-refractivity contribution is 9.10. The molecule has 0 spiro atoms. The zero-order valence-electron chi connectivity index (χ0n) is 10.0. The second-order valence-corrected chi connectivity index (χ2v) is 5.30. The lowest BCUT2D eigenvalue weighted by molar-refractivity contribution is 0.0697. The number of carbonyl (C=O) groups is 1. The van der Waals surface area contributed by atoms with E-state index in [0.717, 1.165) is 27.8 Å². The Morgan fingerprint density at radius 3 is 2.84 bits per heavy atom. The fourth-order valence-electron chi connectivity index (χ4n) is 2.36. The predicted octanol–water partition coefficient (Wildman–Crippen LogP) is 3.75. The van der Waals surface area contributed by atoms with Crippen molar-refractivity contribution in [3.05, 3.63) is 52.0 Å². The standard InChI is InChI=1S/C15H11BrO3/c16-10-4-5-11(13(8-10)15(17)18)12-3-1-2-9-6-7-19-14(9)12/h1-5,8H,6-7H2,(H,17,18). The van der Waals surface area contributed by atoms with Gasteiger partial charge in [0.25, 0.3) is 0 Å². The minimum atomic E-state index is -0.938. The lowest BCUT2D eigenvalue weighted by Gasteiger charge is -2.11. The molecule has 0 aromatic heterocycles. The summed E-state index contributed by atoms with van der Waals surface area (Å²) in [5, 5.41) is 9.34. The maximum Gasteiger partial charge on any atom is 0.336 e. The van der Waals surface area contributed by atoms with Crippen molar-refractivity contribution in [1.82, 2.24) is 0 Å². The van der Waals surface area contributed by atoms with Crippen LogP contribution >= 0.6 is 15.9 Å². The van der Waals surface area contributed by atoms with E-state index in [2.05, 4.69) is 15.9 Å². The highest BCUT2D eigenvalue weighted by Crippen LogP contribution is 2.38. The van der Waals surface area contributed by atoms with Crippen molar-refractivity contribution in [1.29, 1.82) is 0 Å². The maximum atomic E-state index is 11.4. The molecule has 3 nitrogen and oxygen atoms in total. The molecule has 4 heteroatoms. The van der Waals surface area contributed by atoms with E-state index in [0.29, 0.717) is 12.2 Å². The highest BCUT2D eigenvalue weighted by atomic mass is 79.9. The fraction of sp³-hybridized carbons (Fsp3) is 0.133. The predicted molar refractivity (Wildman–Crippen MR) is 75.7 cm³/mol. The molecule has 0 atom stereocenters. The molecule has 3 rings (SSSR count). The van der Waals surface area contributed by atoms with Gasteiger partial charge in [0.2, 0.25) is 0 Å². The van der Waals surface area contributed by atoms with Crippen molar-refractivity contribution in [2.45, 2.75) is 6.42 Å². The molecule has 0 saturated carbocycles. The zero-order valence-corrected chi connectivity index (χ0v) is 11.6. The summed E-state index contributed by atoms with van der Waals surface area (Å²) >= 11 is 3.30. The van der Waals surface area contributed by atoms with Gasteiger partial charge in [-0.1, -0.05) is 40.2 Å². The van der Waals surface area contributed by atoms with Gasteiger partial charge in [0.1, 0.15) is 5.75 Å². The monoisotopic (exact) mass is 318 g/mol. The summed E-state index contributed by atoms with van der Waals surface area (Å²) in [6, 6.07) is 11.1. The van der Waals surface area contributed by atoms with Gasteiger partial charge >= 0.3 is 5.97 Å². The first-order valence-electron chi connectivity index (χ1n) is 5.95. The summed E-state index contributed by atoms with van der Waals surface area (Å²) in [4.78, 5) is 11.4. The number of hydrogen-bond acceptors (Lipinski definition) is 2. The van der Waals surface area contributed by atoms with Gasteiger partial charge in [-0.25, -0.2) is 4.79 Å². The third-order valence-electron chi connectivity index (χ3n) is 3.22. The van der Waals surface area contributed by atoms with E-state index in [9.17, 15) is 9.90 Å². The molecule has 96 valence electrons. The minimum Gasteiger partial charge on any atom is -0.492 e. The number of carboxylic acids is 1. The summed E-state index contributed by atoms with van der Waals surface area (Å²) in [7, 11) is 0. The van der Waals surface area contributed by atoms with E-state index < -0.39 is 5.97 Å². The third kappa shape index (κ3) is 2.12.